The fraction of sp³-hybridized carbons (Fsp3) is 0.455. The zero-order valence-electron chi connectivity index (χ0n) is 14.1. The van der Waals surface area contributed by atoms with Gasteiger partial charge in [0.25, 0.3) is 0 Å². The van der Waals surface area contributed by atoms with E-state index in [1.165, 1.54) is 53.3 Å². The molecule has 1 fully saturated rings. The molecule has 0 N–H and O–H groups in total. The second kappa shape index (κ2) is 6.09. The molecule has 1 saturated carbocycles. The van der Waals surface area contributed by atoms with Gasteiger partial charge in [-0.3, -0.25) is 0 Å². The first-order chi connectivity index (χ1) is 11.1. The Morgan fingerprint density at radius 1 is 1.04 bits per heavy atom. The standard InChI is InChI=1S/C22H25Br/c1-3-15-8-16-10-18(9-15)20-13-22(23)21(12-19(20)11-16)17-6-4-14(2)5-7-17/h4-7,12-13,15-16,18H,3,8-11H2,1-2H3. The van der Waals surface area contributed by atoms with Crippen LogP contribution in [-0.2, 0) is 6.42 Å². The summed E-state index contributed by atoms with van der Waals surface area (Å²) in [5, 5.41) is 0. The Bertz CT molecular complexity index is 713. The van der Waals surface area contributed by atoms with Crippen LogP contribution in [0.5, 0.6) is 0 Å². The molecule has 2 aromatic carbocycles. The number of rotatable bonds is 2. The minimum atomic E-state index is 0.797. The van der Waals surface area contributed by atoms with Crippen LogP contribution in [0.25, 0.3) is 11.1 Å². The summed E-state index contributed by atoms with van der Waals surface area (Å²) in [6, 6.07) is 13.8. The molecule has 4 rings (SSSR count). The van der Waals surface area contributed by atoms with Gasteiger partial charge in [0, 0.05) is 4.47 Å². The molecule has 0 amide bonds. The van der Waals surface area contributed by atoms with E-state index in [-0.39, 0.29) is 0 Å². The van der Waals surface area contributed by atoms with Gasteiger partial charge in [-0.05, 0) is 84.7 Å². The Morgan fingerprint density at radius 2 is 1.83 bits per heavy atom. The van der Waals surface area contributed by atoms with E-state index in [1.807, 2.05) is 0 Å². The van der Waals surface area contributed by atoms with Gasteiger partial charge >= 0.3 is 0 Å². The summed E-state index contributed by atoms with van der Waals surface area (Å²) >= 11 is 3.85. The van der Waals surface area contributed by atoms with Crippen molar-refractivity contribution in [1.29, 1.82) is 0 Å². The Kier molecular flexibility index (Phi) is 4.09. The lowest BCUT2D eigenvalue weighted by Crippen LogP contribution is -2.28. The maximum Gasteiger partial charge on any atom is 0.0256 e. The zero-order chi connectivity index (χ0) is 16.0. The Hall–Kier alpha value is -1.08. The molecule has 1 heteroatoms. The summed E-state index contributed by atoms with van der Waals surface area (Å²) < 4.78 is 1.26. The van der Waals surface area contributed by atoms with Gasteiger partial charge in [-0.25, -0.2) is 0 Å². The Labute approximate surface area is 148 Å². The summed E-state index contributed by atoms with van der Waals surface area (Å²) in [6.07, 6.45) is 6.90. The lowest BCUT2D eigenvalue weighted by Gasteiger charge is -2.40. The minimum Gasteiger partial charge on any atom is -0.0651 e. The van der Waals surface area contributed by atoms with Crippen molar-refractivity contribution in [2.75, 3.05) is 0 Å². The van der Waals surface area contributed by atoms with Crippen molar-refractivity contribution < 1.29 is 0 Å². The fourth-order valence-corrected chi connectivity index (χ4v) is 5.36. The van der Waals surface area contributed by atoms with Crippen LogP contribution in [0, 0.1) is 18.8 Å². The molecule has 0 aliphatic heterocycles. The molecule has 0 saturated heterocycles. The van der Waals surface area contributed by atoms with Crippen molar-refractivity contribution in [2.45, 2.75) is 51.9 Å². The topological polar surface area (TPSA) is 0 Å². The first kappa shape index (κ1) is 15.4. The monoisotopic (exact) mass is 368 g/mol. The lowest BCUT2D eigenvalue weighted by molar-refractivity contribution is 0.217. The average molecular weight is 369 g/mol. The first-order valence-corrected chi connectivity index (χ1v) is 9.82. The van der Waals surface area contributed by atoms with E-state index in [9.17, 15) is 0 Å². The van der Waals surface area contributed by atoms with Gasteiger partial charge in [0.15, 0.2) is 0 Å². The van der Waals surface area contributed by atoms with Crippen LogP contribution in [0.2, 0.25) is 0 Å². The van der Waals surface area contributed by atoms with Crippen molar-refractivity contribution in [1.82, 2.24) is 0 Å². The quantitative estimate of drug-likeness (QED) is 0.541. The van der Waals surface area contributed by atoms with Crippen molar-refractivity contribution in [3.05, 3.63) is 57.6 Å². The molecule has 0 spiro atoms. The second-order valence-electron chi connectivity index (χ2n) is 7.65. The maximum absolute atomic E-state index is 3.85. The van der Waals surface area contributed by atoms with Crippen LogP contribution in [0.1, 0.15) is 55.2 Å². The molecule has 2 aliphatic rings. The van der Waals surface area contributed by atoms with E-state index in [2.05, 4.69) is 66.2 Å². The third kappa shape index (κ3) is 2.89. The predicted molar refractivity (Wildman–Crippen MR) is 102 cm³/mol. The lowest BCUT2D eigenvalue weighted by atomic mass is 9.65. The number of benzene rings is 2. The average Bonchev–Trinajstić information content (AvgIpc) is 2.56. The van der Waals surface area contributed by atoms with Gasteiger partial charge in [-0.1, -0.05) is 59.1 Å². The minimum absolute atomic E-state index is 0.797. The van der Waals surface area contributed by atoms with Crippen LogP contribution >= 0.6 is 15.9 Å². The maximum atomic E-state index is 3.85. The van der Waals surface area contributed by atoms with Crippen molar-refractivity contribution >= 4 is 15.9 Å². The first-order valence-electron chi connectivity index (χ1n) is 9.03. The number of hydrogen-bond donors (Lipinski definition) is 0. The molecule has 0 aromatic heterocycles. The van der Waals surface area contributed by atoms with E-state index in [0.29, 0.717) is 0 Å². The Morgan fingerprint density at radius 3 is 2.57 bits per heavy atom. The van der Waals surface area contributed by atoms with E-state index >= 15 is 0 Å². The van der Waals surface area contributed by atoms with Crippen LogP contribution in [-0.4, -0.2) is 0 Å². The summed E-state index contributed by atoms with van der Waals surface area (Å²) in [4.78, 5) is 0. The number of fused-ring (bicyclic) bond motifs is 4. The highest BCUT2D eigenvalue weighted by Crippen LogP contribution is 2.48. The van der Waals surface area contributed by atoms with Gasteiger partial charge in [-0.2, -0.15) is 0 Å². The van der Waals surface area contributed by atoms with Crippen LogP contribution in [0.3, 0.4) is 0 Å². The highest BCUT2D eigenvalue weighted by Gasteiger charge is 2.34. The molecule has 0 heterocycles. The molecule has 120 valence electrons. The van der Waals surface area contributed by atoms with Gasteiger partial charge < -0.3 is 0 Å². The molecule has 0 nitrogen and oxygen atoms in total. The van der Waals surface area contributed by atoms with Crippen molar-refractivity contribution in [2.24, 2.45) is 11.8 Å². The van der Waals surface area contributed by atoms with Crippen LogP contribution in [0.4, 0.5) is 0 Å². The van der Waals surface area contributed by atoms with Crippen LogP contribution < -0.4 is 0 Å². The third-order valence-electron chi connectivity index (χ3n) is 6.02. The highest BCUT2D eigenvalue weighted by atomic mass is 79.9. The normalized spacial score (nSPS) is 26.0. The molecule has 3 unspecified atom stereocenters. The second-order valence-corrected chi connectivity index (χ2v) is 8.50. The predicted octanol–water partition coefficient (Wildman–Crippen LogP) is 6.89. The summed E-state index contributed by atoms with van der Waals surface area (Å²) in [7, 11) is 0. The zero-order valence-corrected chi connectivity index (χ0v) is 15.7. The molecular formula is C22H25Br. The molecular weight excluding hydrogens is 344 g/mol. The molecule has 3 atom stereocenters. The van der Waals surface area contributed by atoms with Gasteiger partial charge in [0.05, 0.1) is 0 Å². The summed E-state index contributed by atoms with van der Waals surface area (Å²) in [5.41, 5.74) is 7.24. The summed E-state index contributed by atoms with van der Waals surface area (Å²) in [5.74, 6) is 2.66. The molecule has 2 aromatic rings. The molecule has 2 aliphatic carbocycles. The fourth-order valence-electron chi connectivity index (χ4n) is 4.77. The molecule has 2 bridgehead atoms. The van der Waals surface area contributed by atoms with Gasteiger partial charge in [0.1, 0.15) is 0 Å². The van der Waals surface area contributed by atoms with E-state index in [1.54, 1.807) is 11.1 Å². The third-order valence-corrected chi connectivity index (χ3v) is 6.68. The van der Waals surface area contributed by atoms with Crippen molar-refractivity contribution in [3.63, 3.8) is 0 Å². The smallest absolute Gasteiger partial charge is 0.0256 e. The van der Waals surface area contributed by atoms with Gasteiger partial charge in [0.2, 0.25) is 0 Å². The molecule has 0 radical (unpaired) electrons. The highest BCUT2D eigenvalue weighted by molar-refractivity contribution is 9.10. The number of hydrogen-bond acceptors (Lipinski definition) is 0. The Balaban J connectivity index is 1.74. The summed E-state index contributed by atoms with van der Waals surface area (Å²) in [6.45, 7) is 4.51. The largest absolute Gasteiger partial charge is 0.0651 e. The van der Waals surface area contributed by atoms with E-state index < -0.39 is 0 Å². The van der Waals surface area contributed by atoms with Crippen molar-refractivity contribution in [3.8, 4) is 11.1 Å². The number of aryl methyl sites for hydroxylation is 1. The molecule has 23 heavy (non-hydrogen) atoms. The van der Waals surface area contributed by atoms with E-state index in [0.717, 1.165) is 17.8 Å². The SMILES string of the molecule is CCC1CC2Cc3cc(-c4ccc(C)cc4)c(Br)cc3C(C1)C2. The van der Waals surface area contributed by atoms with E-state index in [4.69, 9.17) is 0 Å². The van der Waals surface area contributed by atoms with Gasteiger partial charge in [-0.15, -0.1) is 0 Å². The van der Waals surface area contributed by atoms with Crippen LogP contribution in [0.15, 0.2) is 40.9 Å². The number of halogens is 1.